The van der Waals surface area contributed by atoms with Gasteiger partial charge < -0.3 is 10.6 Å². The molecule has 5 heteroatoms. The summed E-state index contributed by atoms with van der Waals surface area (Å²) >= 11 is 0. The summed E-state index contributed by atoms with van der Waals surface area (Å²) < 4.78 is 13.7. The van der Waals surface area contributed by atoms with Crippen molar-refractivity contribution in [2.75, 3.05) is 18.4 Å². The van der Waals surface area contributed by atoms with Crippen LogP contribution in [0.3, 0.4) is 0 Å². The van der Waals surface area contributed by atoms with Crippen LogP contribution < -0.4 is 10.6 Å². The van der Waals surface area contributed by atoms with E-state index in [1.54, 1.807) is 19.1 Å². The van der Waals surface area contributed by atoms with E-state index in [1.807, 2.05) is 13.0 Å². The van der Waals surface area contributed by atoms with Crippen molar-refractivity contribution in [1.29, 1.82) is 0 Å². The van der Waals surface area contributed by atoms with Gasteiger partial charge in [0.2, 0.25) is 5.91 Å². The molecule has 2 aromatic rings. The predicted molar refractivity (Wildman–Crippen MR) is 78.2 cm³/mol. The lowest BCUT2D eigenvalue weighted by Crippen LogP contribution is -2.30. The highest BCUT2D eigenvalue weighted by molar-refractivity contribution is 5.93. The second-order valence-electron chi connectivity index (χ2n) is 4.65. The number of pyridine rings is 1. The number of fused-ring (bicyclic) bond motifs is 1. The fourth-order valence-corrected chi connectivity index (χ4v) is 1.99. The topological polar surface area (TPSA) is 54.0 Å². The molecule has 0 saturated heterocycles. The Morgan fingerprint density at radius 1 is 1.40 bits per heavy atom. The van der Waals surface area contributed by atoms with Crippen LogP contribution in [-0.4, -0.2) is 24.0 Å². The molecule has 1 heterocycles. The second-order valence-corrected chi connectivity index (χ2v) is 4.65. The maximum absolute atomic E-state index is 13.7. The molecular formula is C15H18FN3O. The van der Waals surface area contributed by atoms with Crippen molar-refractivity contribution in [3.05, 3.63) is 35.8 Å². The average Bonchev–Trinajstić information content (AvgIpc) is 2.43. The lowest BCUT2D eigenvalue weighted by atomic mass is 10.1. The van der Waals surface area contributed by atoms with Crippen molar-refractivity contribution < 1.29 is 9.18 Å². The number of benzene rings is 1. The lowest BCUT2D eigenvalue weighted by Gasteiger charge is -2.11. The third-order valence-corrected chi connectivity index (χ3v) is 2.93. The van der Waals surface area contributed by atoms with Gasteiger partial charge in [-0.25, -0.2) is 9.37 Å². The molecule has 0 aliphatic rings. The normalized spacial score (nSPS) is 10.6. The van der Waals surface area contributed by atoms with Gasteiger partial charge in [0.15, 0.2) is 0 Å². The Hall–Kier alpha value is -2.17. The molecule has 0 bridgehead atoms. The number of carbonyl (C=O) groups excluding carboxylic acids is 1. The van der Waals surface area contributed by atoms with Crippen LogP contribution in [0.15, 0.2) is 24.3 Å². The molecule has 2 rings (SSSR count). The number of para-hydroxylation sites is 1. The molecule has 1 amide bonds. The number of hydrogen-bond acceptors (Lipinski definition) is 3. The van der Waals surface area contributed by atoms with Gasteiger partial charge in [0.05, 0.1) is 6.54 Å². The summed E-state index contributed by atoms with van der Waals surface area (Å²) in [5.74, 6) is -0.435. The number of anilines is 1. The molecule has 0 radical (unpaired) electrons. The molecule has 0 spiro atoms. The first-order valence-corrected chi connectivity index (χ1v) is 6.68. The minimum Gasteiger partial charge on any atom is -0.376 e. The summed E-state index contributed by atoms with van der Waals surface area (Å²) in [6.45, 7) is 4.62. The molecule has 0 saturated carbocycles. The third kappa shape index (κ3) is 3.23. The molecule has 106 valence electrons. The highest BCUT2D eigenvalue weighted by Crippen LogP contribution is 2.24. The van der Waals surface area contributed by atoms with Crippen LogP contribution in [0.1, 0.15) is 19.0 Å². The van der Waals surface area contributed by atoms with E-state index in [-0.39, 0.29) is 18.3 Å². The lowest BCUT2D eigenvalue weighted by molar-refractivity contribution is -0.119. The number of aromatic nitrogens is 1. The van der Waals surface area contributed by atoms with Crippen molar-refractivity contribution >= 4 is 22.5 Å². The van der Waals surface area contributed by atoms with E-state index < -0.39 is 0 Å². The van der Waals surface area contributed by atoms with Crippen LogP contribution in [0, 0.1) is 12.7 Å². The molecular weight excluding hydrogens is 257 g/mol. The third-order valence-electron chi connectivity index (χ3n) is 2.93. The molecule has 0 atom stereocenters. The van der Waals surface area contributed by atoms with Crippen molar-refractivity contribution in [2.45, 2.75) is 20.3 Å². The van der Waals surface area contributed by atoms with E-state index in [9.17, 15) is 9.18 Å². The smallest absolute Gasteiger partial charge is 0.239 e. The average molecular weight is 275 g/mol. The summed E-state index contributed by atoms with van der Waals surface area (Å²) in [5.41, 5.74) is 1.75. The maximum atomic E-state index is 13.7. The van der Waals surface area contributed by atoms with Crippen LogP contribution in [0.4, 0.5) is 10.1 Å². The summed E-state index contributed by atoms with van der Waals surface area (Å²) in [7, 11) is 0. The van der Waals surface area contributed by atoms with Crippen molar-refractivity contribution in [2.24, 2.45) is 0 Å². The largest absolute Gasteiger partial charge is 0.376 e. The number of nitrogens with zero attached hydrogens (tertiary/aromatic N) is 1. The van der Waals surface area contributed by atoms with Gasteiger partial charge in [-0.05, 0) is 25.5 Å². The molecule has 2 N–H and O–H groups in total. The van der Waals surface area contributed by atoms with Crippen molar-refractivity contribution in [3.8, 4) is 0 Å². The Labute approximate surface area is 117 Å². The van der Waals surface area contributed by atoms with Gasteiger partial charge in [-0.3, -0.25) is 4.79 Å². The Kier molecular flexibility index (Phi) is 4.50. The van der Waals surface area contributed by atoms with E-state index >= 15 is 0 Å². The Morgan fingerprint density at radius 3 is 2.95 bits per heavy atom. The van der Waals surface area contributed by atoms with E-state index in [1.165, 1.54) is 6.07 Å². The monoisotopic (exact) mass is 275 g/mol. The van der Waals surface area contributed by atoms with Crippen LogP contribution in [0.5, 0.6) is 0 Å². The van der Waals surface area contributed by atoms with E-state index in [4.69, 9.17) is 0 Å². The SMILES string of the molecule is CCCNC(=O)CNc1cc(C)nc2c(F)cccc12. The highest BCUT2D eigenvalue weighted by atomic mass is 19.1. The summed E-state index contributed by atoms with van der Waals surface area (Å²) in [5, 5.41) is 6.51. The minimum absolute atomic E-state index is 0.0779. The first kappa shape index (κ1) is 14.2. The molecule has 0 aliphatic heterocycles. The van der Waals surface area contributed by atoms with Crippen LogP contribution in [0.25, 0.3) is 10.9 Å². The summed E-state index contributed by atoms with van der Waals surface area (Å²) in [6.07, 6.45) is 0.897. The number of rotatable bonds is 5. The first-order valence-electron chi connectivity index (χ1n) is 6.68. The Bertz CT molecular complexity index is 628. The second kappa shape index (κ2) is 6.32. The Morgan fingerprint density at radius 2 is 2.20 bits per heavy atom. The van der Waals surface area contributed by atoms with Crippen molar-refractivity contribution in [1.82, 2.24) is 10.3 Å². The van der Waals surface area contributed by atoms with Gasteiger partial charge in [0, 0.05) is 23.3 Å². The van der Waals surface area contributed by atoms with Gasteiger partial charge in [-0.2, -0.15) is 0 Å². The number of amides is 1. The minimum atomic E-state index is -0.357. The Balaban J connectivity index is 2.21. The maximum Gasteiger partial charge on any atom is 0.239 e. The first-order chi connectivity index (χ1) is 9.61. The van der Waals surface area contributed by atoms with Crippen LogP contribution in [0.2, 0.25) is 0 Å². The number of aryl methyl sites for hydroxylation is 1. The number of hydrogen-bond donors (Lipinski definition) is 2. The summed E-state index contributed by atoms with van der Waals surface area (Å²) in [6, 6.07) is 6.62. The quantitative estimate of drug-likeness (QED) is 0.882. The zero-order valence-electron chi connectivity index (χ0n) is 11.7. The van der Waals surface area contributed by atoms with E-state index in [2.05, 4.69) is 15.6 Å². The fraction of sp³-hybridized carbons (Fsp3) is 0.333. The van der Waals surface area contributed by atoms with Gasteiger partial charge in [0.25, 0.3) is 0 Å². The van der Waals surface area contributed by atoms with E-state index in [0.29, 0.717) is 23.1 Å². The predicted octanol–water partition coefficient (Wildman–Crippen LogP) is 2.62. The molecule has 0 unspecified atom stereocenters. The highest BCUT2D eigenvalue weighted by Gasteiger charge is 2.08. The van der Waals surface area contributed by atoms with E-state index in [0.717, 1.165) is 12.1 Å². The zero-order valence-corrected chi connectivity index (χ0v) is 11.7. The summed E-state index contributed by atoms with van der Waals surface area (Å²) in [4.78, 5) is 15.8. The number of carbonyl (C=O) groups is 1. The van der Waals surface area contributed by atoms with Crippen LogP contribution in [-0.2, 0) is 4.79 Å². The van der Waals surface area contributed by atoms with Crippen LogP contribution >= 0.6 is 0 Å². The van der Waals surface area contributed by atoms with Gasteiger partial charge in [0.1, 0.15) is 11.3 Å². The molecule has 0 aliphatic carbocycles. The standard InChI is InChI=1S/C15H18FN3O/c1-3-7-17-14(20)9-18-13-8-10(2)19-15-11(13)5-4-6-12(15)16/h4-6,8H,3,7,9H2,1-2H3,(H,17,20)(H,18,19). The number of halogens is 1. The molecule has 0 fully saturated rings. The van der Waals surface area contributed by atoms with Crippen molar-refractivity contribution in [3.63, 3.8) is 0 Å². The molecule has 1 aromatic heterocycles. The zero-order chi connectivity index (χ0) is 14.5. The fourth-order valence-electron chi connectivity index (χ4n) is 1.99. The molecule has 4 nitrogen and oxygen atoms in total. The van der Waals surface area contributed by atoms with Gasteiger partial charge in [-0.1, -0.05) is 19.1 Å². The molecule has 1 aromatic carbocycles. The number of nitrogens with one attached hydrogen (secondary N) is 2. The van der Waals surface area contributed by atoms with Gasteiger partial charge in [-0.15, -0.1) is 0 Å². The van der Waals surface area contributed by atoms with Gasteiger partial charge >= 0.3 is 0 Å². The molecule has 20 heavy (non-hydrogen) atoms.